The molecule has 0 atom stereocenters. The van der Waals surface area contributed by atoms with E-state index in [2.05, 4.69) is 4.84 Å². The molecule has 0 N–H and O–H groups in total. The molecular weight excluding hydrogens is 102 g/mol. The van der Waals surface area contributed by atoms with Gasteiger partial charge in [0.05, 0.1) is 0 Å². The van der Waals surface area contributed by atoms with Gasteiger partial charge >= 0.3 is 12.5 Å². The molecule has 0 aliphatic heterocycles. The number of carbonyl (C=O) groups excluding carboxylic acids is 1. The maximum absolute atomic E-state index is 9.59. The normalized spacial score (nSPS) is 7.57. The van der Waals surface area contributed by atoms with Crippen LogP contribution in [0, 0.1) is 10.1 Å². The minimum atomic E-state index is -1.15. The zero-order chi connectivity index (χ0) is 5.86. The molecule has 0 aliphatic carbocycles. The molecule has 0 amide bonds. The van der Waals surface area contributed by atoms with E-state index in [1.807, 2.05) is 0 Å². The Kier molecular flexibility index (Phi) is 1.78. The van der Waals surface area contributed by atoms with Crippen molar-refractivity contribution in [2.45, 2.75) is 6.92 Å². The average molecular weight is 106 g/mol. The first-order chi connectivity index (χ1) is 3.13. The van der Waals surface area contributed by atoms with E-state index < -0.39 is 11.1 Å². The zero-order valence-electron chi connectivity index (χ0n) is 4.58. The summed E-state index contributed by atoms with van der Waals surface area (Å²) in [6.07, 6.45) is 0. The van der Waals surface area contributed by atoms with E-state index >= 15 is 0 Å². The van der Waals surface area contributed by atoms with E-state index in [0.29, 0.717) is 0 Å². The highest BCUT2D eigenvalue weighted by Crippen LogP contribution is 1.72. The average Bonchev–Trinajstić information content (AvgIpc) is 1.27. The molecule has 0 saturated carbocycles. The molecule has 5 nitrogen and oxygen atoms in total. The van der Waals surface area contributed by atoms with Crippen LogP contribution in [0.2, 0.25) is 0 Å². The molecule has 0 heterocycles. The molecule has 0 aliphatic rings. The van der Waals surface area contributed by atoms with E-state index in [0.717, 1.165) is 6.92 Å². The Morgan fingerprint density at radius 2 is 2.43 bits per heavy atom. The van der Waals surface area contributed by atoms with Crippen molar-refractivity contribution in [3.8, 4) is 0 Å². The summed E-state index contributed by atoms with van der Waals surface area (Å²) in [6, 6.07) is 0. The maximum Gasteiger partial charge on any atom is 1.00 e. The summed E-state index contributed by atoms with van der Waals surface area (Å²) in [5.74, 6) is -0.912. The van der Waals surface area contributed by atoms with Crippen LogP contribution in [0.25, 0.3) is 0 Å². The Labute approximate surface area is 40.5 Å². The molecule has 0 radical (unpaired) electrons. The van der Waals surface area contributed by atoms with Crippen LogP contribution in [0.3, 0.4) is 0 Å². The number of nitrogens with zero attached hydrogens (tertiary/aromatic N) is 1. The van der Waals surface area contributed by atoms with Gasteiger partial charge in [0, 0.05) is 6.92 Å². The third-order valence-electron chi connectivity index (χ3n) is 0.203. The van der Waals surface area contributed by atoms with Gasteiger partial charge < -0.3 is 0 Å². The molecule has 0 rings (SSSR count). The summed E-state index contributed by atoms with van der Waals surface area (Å²) in [7, 11) is 0. The quantitative estimate of drug-likeness (QED) is 0.344. The predicted octanol–water partition coefficient (Wildman–Crippen LogP) is -0.146. The first kappa shape index (κ1) is 5.87. The van der Waals surface area contributed by atoms with Gasteiger partial charge in [-0.2, -0.15) is 0 Å². The van der Waals surface area contributed by atoms with Crippen molar-refractivity contribution >= 4 is 5.97 Å². The monoisotopic (exact) mass is 106 g/mol. The number of rotatable bonds is 1. The molecule has 0 bridgehead atoms. The summed E-state index contributed by atoms with van der Waals surface area (Å²) in [5.41, 5.74) is 0. The SMILES string of the molecule is CC(=O)O[N+](=O)[O-].[H+]. The minimum absolute atomic E-state index is 0. The molecule has 40 valence electrons. The zero-order valence-corrected chi connectivity index (χ0v) is 3.58. The lowest BCUT2D eigenvalue weighted by atomic mass is 10.8. The van der Waals surface area contributed by atoms with Crippen LogP contribution < -0.4 is 0 Å². The van der Waals surface area contributed by atoms with Crippen LogP contribution in [0.4, 0.5) is 0 Å². The second kappa shape index (κ2) is 2.12. The van der Waals surface area contributed by atoms with Gasteiger partial charge in [-0.1, -0.05) is 0 Å². The molecule has 5 heteroatoms. The Morgan fingerprint density at radius 3 is 2.43 bits per heavy atom. The summed E-state index contributed by atoms with van der Waals surface area (Å²) >= 11 is 0. The van der Waals surface area contributed by atoms with Gasteiger partial charge in [0.15, 0.2) is 0 Å². The molecule has 0 spiro atoms. The van der Waals surface area contributed by atoms with Gasteiger partial charge in [0.25, 0.3) is 0 Å². The fourth-order valence-corrected chi connectivity index (χ4v) is 0.105. The Balaban J connectivity index is 0. The summed E-state index contributed by atoms with van der Waals surface area (Å²) in [4.78, 5) is 22.1. The van der Waals surface area contributed by atoms with Crippen molar-refractivity contribution < 1.29 is 16.1 Å². The van der Waals surface area contributed by atoms with E-state index in [9.17, 15) is 14.9 Å². The van der Waals surface area contributed by atoms with Crippen molar-refractivity contribution in [3.63, 3.8) is 0 Å². The molecule has 0 aromatic heterocycles. The highest BCUT2D eigenvalue weighted by molar-refractivity contribution is 5.64. The Hall–Kier alpha value is -1.13. The molecular formula is C2H4NO4+. The van der Waals surface area contributed by atoms with E-state index in [-0.39, 0.29) is 1.43 Å². The van der Waals surface area contributed by atoms with E-state index in [1.165, 1.54) is 0 Å². The van der Waals surface area contributed by atoms with Crippen LogP contribution in [0.5, 0.6) is 0 Å². The van der Waals surface area contributed by atoms with Crippen LogP contribution in [-0.2, 0) is 9.63 Å². The van der Waals surface area contributed by atoms with Gasteiger partial charge in [-0.25, -0.2) is 4.84 Å². The highest BCUT2D eigenvalue weighted by Gasteiger charge is 1.95. The van der Waals surface area contributed by atoms with Crippen molar-refractivity contribution in [1.82, 2.24) is 0 Å². The molecule has 0 aromatic rings. The second-order valence-electron chi connectivity index (χ2n) is 0.806. The second-order valence-corrected chi connectivity index (χ2v) is 0.806. The lowest BCUT2D eigenvalue weighted by Gasteiger charge is -1.82. The molecule has 0 unspecified atom stereocenters. The lowest BCUT2D eigenvalue weighted by Crippen LogP contribution is -2.04. The number of carbonyl (C=O) groups is 1. The van der Waals surface area contributed by atoms with Gasteiger partial charge in [-0.3, -0.25) is 4.79 Å². The molecule has 0 saturated heterocycles. The summed E-state index contributed by atoms with van der Waals surface area (Å²) in [5, 5.41) is 8.02. The highest BCUT2D eigenvalue weighted by atomic mass is 17.0. The Bertz CT molecular complexity index is 90.2. The molecule has 0 aromatic carbocycles. The van der Waals surface area contributed by atoms with Gasteiger partial charge in [-0.15, -0.1) is 10.1 Å². The molecule has 7 heavy (non-hydrogen) atoms. The van der Waals surface area contributed by atoms with Crippen LogP contribution in [-0.4, -0.2) is 11.1 Å². The fourth-order valence-electron chi connectivity index (χ4n) is 0.105. The predicted molar refractivity (Wildman–Crippen MR) is 19.9 cm³/mol. The lowest BCUT2D eigenvalue weighted by molar-refractivity contribution is -0.729. The van der Waals surface area contributed by atoms with Gasteiger partial charge in [0.2, 0.25) is 0 Å². The van der Waals surface area contributed by atoms with Crippen LogP contribution in [0.15, 0.2) is 0 Å². The summed E-state index contributed by atoms with van der Waals surface area (Å²) in [6.45, 7) is 0.961. The van der Waals surface area contributed by atoms with Crippen molar-refractivity contribution in [2.75, 3.05) is 0 Å². The number of hydrogen-bond donors (Lipinski definition) is 0. The van der Waals surface area contributed by atoms with E-state index in [1.54, 1.807) is 0 Å². The first-order valence-corrected chi connectivity index (χ1v) is 1.46. The molecule has 0 fully saturated rings. The third kappa shape index (κ3) is 4.87. The first-order valence-electron chi connectivity index (χ1n) is 1.46. The van der Waals surface area contributed by atoms with Crippen molar-refractivity contribution in [1.29, 1.82) is 0 Å². The van der Waals surface area contributed by atoms with Gasteiger partial charge in [0.1, 0.15) is 0 Å². The topological polar surface area (TPSA) is 69.4 Å². The van der Waals surface area contributed by atoms with E-state index in [4.69, 9.17) is 0 Å². The standard InChI is InChI=1S/C2H3NO4/c1-2(4)7-3(5)6/h1H3/p+1. The largest absolute Gasteiger partial charge is 1.00 e. The Morgan fingerprint density at radius 1 is 2.00 bits per heavy atom. The van der Waals surface area contributed by atoms with Crippen LogP contribution >= 0.6 is 0 Å². The van der Waals surface area contributed by atoms with Crippen LogP contribution in [0.1, 0.15) is 8.35 Å². The third-order valence-corrected chi connectivity index (χ3v) is 0.203. The minimum Gasteiger partial charge on any atom is -0.269 e. The van der Waals surface area contributed by atoms with Crippen molar-refractivity contribution in [2.24, 2.45) is 0 Å². The smallest absolute Gasteiger partial charge is 0.269 e. The summed E-state index contributed by atoms with van der Waals surface area (Å²) < 4.78 is 0. The number of hydrogen-bond acceptors (Lipinski definition) is 4. The van der Waals surface area contributed by atoms with Crippen molar-refractivity contribution in [3.05, 3.63) is 10.1 Å². The fraction of sp³-hybridized carbons (Fsp3) is 0.500. The van der Waals surface area contributed by atoms with Gasteiger partial charge in [-0.05, 0) is 0 Å². The maximum atomic E-state index is 9.59.